The molecule has 0 atom stereocenters. The van der Waals surface area contributed by atoms with Crippen LogP contribution in [0.3, 0.4) is 0 Å². The van der Waals surface area contributed by atoms with Gasteiger partial charge in [0.2, 0.25) is 0 Å². The van der Waals surface area contributed by atoms with Gasteiger partial charge >= 0.3 is 0 Å². The quantitative estimate of drug-likeness (QED) is 0.935. The Labute approximate surface area is 116 Å². The molecule has 2 heterocycles. The van der Waals surface area contributed by atoms with Gasteiger partial charge in [-0.05, 0) is 17.5 Å². The molecule has 0 spiro atoms. The van der Waals surface area contributed by atoms with E-state index >= 15 is 0 Å². The normalized spacial score (nSPS) is 11.5. The van der Waals surface area contributed by atoms with Gasteiger partial charge in [0.15, 0.2) is 0 Å². The molecular weight excluding hydrogens is 260 g/mol. The Balaban J connectivity index is 1.88. The van der Waals surface area contributed by atoms with Gasteiger partial charge in [0.25, 0.3) is 5.91 Å². The SMILES string of the molecule is CC(C)(C)c1ccc(C(=O)NCCc2ccno2)s1. The number of hydrogen-bond donors (Lipinski definition) is 1. The molecular formula is C14H18N2O2S. The highest BCUT2D eigenvalue weighted by atomic mass is 32.1. The van der Waals surface area contributed by atoms with E-state index in [1.807, 2.05) is 12.1 Å². The molecule has 0 unspecified atom stereocenters. The van der Waals surface area contributed by atoms with Crippen LogP contribution < -0.4 is 5.32 Å². The summed E-state index contributed by atoms with van der Waals surface area (Å²) in [5.74, 6) is 0.752. The van der Waals surface area contributed by atoms with Crippen molar-refractivity contribution in [1.29, 1.82) is 0 Å². The van der Waals surface area contributed by atoms with Crippen LogP contribution in [0.5, 0.6) is 0 Å². The number of nitrogens with zero attached hydrogens (tertiary/aromatic N) is 1. The van der Waals surface area contributed by atoms with Crippen LogP contribution in [0, 0.1) is 0 Å². The zero-order valence-electron chi connectivity index (χ0n) is 11.4. The van der Waals surface area contributed by atoms with E-state index in [-0.39, 0.29) is 11.3 Å². The number of aromatic nitrogens is 1. The molecule has 5 heteroatoms. The second kappa shape index (κ2) is 5.57. The van der Waals surface area contributed by atoms with E-state index in [9.17, 15) is 4.79 Å². The van der Waals surface area contributed by atoms with Crippen LogP contribution in [0.1, 0.15) is 41.1 Å². The first-order valence-corrected chi connectivity index (χ1v) is 7.06. The molecule has 0 fully saturated rings. The molecule has 1 N–H and O–H groups in total. The monoisotopic (exact) mass is 278 g/mol. The Morgan fingerprint density at radius 3 is 2.74 bits per heavy atom. The minimum absolute atomic E-state index is 0.0278. The van der Waals surface area contributed by atoms with Crippen LogP contribution in [-0.4, -0.2) is 17.6 Å². The average molecular weight is 278 g/mol. The number of amides is 1. The summed E-state index contributed by atoms with van der Waals surface area (Å²) in [7, 11) is 0. The molecule has 0 saturated heterocycles. The molecule has 2 rings (SSSR count). The summed E-state index contributed by atoms with van der Waals surface area (Å²) in [6, 6.07) is 5.71. The largest absolute Gasteiger partial charge is 0.361 e. The van der Waals surface area contributed by atoms with Crippen LogP contribution in [-0.2, 0) is 11.8 Å². The fraction of sp³-hybridized carbons (Fsp3) is 0.429. The molecule has 102 valence electrons. The maximum Gasteiger partial charge on any atom is 0.261 e. The van der Waals surface area contributed by atoms with Gasteiger partial charge in [0.1, 0.15) is 5.76 Å². The van der Waals surface area contributed by atoms with Crippen molar-refractivity contribution >= 4 is 17.2 Å². The van der Waals surface area contributed by atoms with Crippen LogP contribution >= 0.6 is 11.3 Å². The van der Waals surface area contributed by atoms with E-state index in [0.717, 1.165) is 10.6 Å². The van der Waals surface area contributed by atoms with Crippen molar-refractivity contribution in [1.82, 2.24) is 10.5 Å². The minimum Gasteiger partial charge on any atom is -0.361 e. The molecule has 0 aliphatic heterocycles. The zero-order valence-corrected chi connectivity index (χ0v) is 12.2. The van der Waals surface area contributed by atoms with Gasteiger partial charge in [-0.2, -0.15) is 0 Å². The van der Waals surface area contributed by atoms with Gasteiger partial charge in [0, 0.05) is 23.9 Å². The van der Waals surface area contributed by atoms with Gasteiger partial charge in [0.05, 0.1) is 11.1 Å². The molecule has 2 aromatic heterocycles. The smallest absolute Gasteiger partial charge is 0.261 e. The molecule has 0 saturated carbocycles. The third-order valence-electron chi connectivity index (χ3n) is 2.72. The van der Waals surface area contributed by atoms with Crippen LogP contribution in [0.2, 0.25) is 0 Å². The molecule has 0 radical (unpaired) electrons. The lowest BCUT2D eigenvalue weighted by atomic mass is 9.95. The van der Waals surface area contributed by atoms with Crippen LogP contribution in [0.15, 0.2) is 28.9 Å². The molecule has 0 bridgehead atoms. The number of nitrogens with one attached hydrogen (secondary N) is 1. The maximum atomic E-state index is 12.0. The van der Waals surface area contributed by atoms with Crippen molar-refractivity contribution in [3.05, 3.63) is 39.9 Å². The van der Waals surface area contributed by atoms with E-state index in [0.29, 0.717) is 13.0 Å². The van der Waals surface area contributed by atoms with Crippen molar-refractivity contribution in [2.75, 3.05) is 6.54 Å². The second-order valence-corrected chi connectivity index (χ2v) is 6.48. The summed E-state index contributed by atoms with van der Waals surface area (Å²) >= 11 is 1.55. The summed E-state index contributed by atoms with van der Waals surface area (Å²) in [4.78, 5) is 13.9. The van der Waals surface area contributed by atoms with Gasteiger partial charge in [-0.25, -0.2) is 0 Å². The Morgan fingerprint density at radius 1 is 1.37 bits per heavy atom. The lowest BCUT2D eigenvalue weighted by Crippen LogP contribution is -2.24. The van der Waals surface area contributed by atoms with E-state index < -0.39 is 0 Å². The van der Waals surface area contributed by atoms with E-state index in [2.05, 4.69) is 31.2 Å². The van der Waals surface area contributed by atoms with E-state index in [1.54, 1.807) is 23.6 Å². The number of carbonyl (C=O) groups excluding carboxylic acids is 1. The van der Waals surface area contributed by atoms with Gasteiger partial charge < -0.3 is 9.84 Å². The van der Waals surface area contributed by atoms with E-state index in [4.69, 9.17) is 4.52 Å². The Hall–Kier alpha value is -1.62. The minimum atomic E-state index is -0.0278. The average Bonchev–Trinajstić information content (AvgIpc) is 2.99. The predicted molar refractivity (Wildman–Crippen MR) is 75.6 cm³/mol. The summed E-state index contributed by atoms with van der Waals surface area (Å²) in [5, 5.41) is 6.51. The van der Waals surface area contributed by atoms with Gasteiger partial charge in [-0.3, -0.25) is 4.79 Å². The molecule has 4 nitrogen and oxygen atoms in total. The number of hydrogen-bond acceptors (Lipinski definition) is 4. The van der Waals surface area contributed by atoms with Crippen molar-refractivity contribution in [2.24, 2.45) is 0 Å². The number of carbonyl (C=O) groups is 1. The third kappa shape index (κ3) is 3.67. The summed E-state index contributed by atoms with van der Waals surface area (Å²) in [5.41, 5.74) is 0.0863. The third-order valence-corrected chi connectivity index (χ3v) is 4.23. The Bertz CT molecular complexity index is 538. The van der Waals surface area contributed by atoms with Crippen LogP contribution in [0.25, 0.3) is 0 Å². The Morgan fingerprint density at radius 2 is 2.16 bits per heavy atom. The second-order valence-electron chi connectivity index (χ2n) is 5.40. The van der Waals surface area contributed by atoms with Gasteiger partial charge in [-0.15, -0.1) is 11.3 Å². The molecule has 0 aliphatic rings. The fourth-order valence-corrected chi connectivity index (χ4v) is 2.60. The standard InChI is InChI=1S/C14H18N2O2S/c1-14(2,3)12-5-4-11(19-12)13(17)15-8-6-10-7-9-16-18-10/h4-5,7,9H,6,8H2,1-3H3,(H,15,17). The lowest BCUT2D eigenvalue weighted by Gasteiger charge is -2.15. The fourth-order valence-electron chi connectivity index (χ4n) is 1.62. The first kappa shape index (κ1) is 13.8. The highest BCUT2D eigenvalue weighted by Gasteiger charge is 2.18. The summed E-state index contributed by atoms with van der Waals surface area (Å²) in [6.07, 6.45) is 2.26. The molecule has 2 aromatic rings. The summed E-state index contributed by atoms with van der Waals surface area (Å²) < 4.78 is 4.97. The van der Waals surface area contributed by atoms with Gasteiger partial charge in [-0.1, -0.05) is 25.9 Å². The number of thiophene rings is 1. The molecule has 0 aliphatic carbocycles. The first-order chi connectivity index (χ1) is 8.97. The Kier molecular flexibility index (Phi) is 4.04. The highest BCUT2D eigenvalue weighted by Crippen LogP contribution is 2.29. The van der Waals surface area contributed by atoms with E-state index in [1.165, 1.54) is 4.88 Å². The maximum absolute atomic E-state index is 12.0. The van der Waals surface area contributed by atoms with Crippen molar-refractivity contribution in [3.8, 4) is 0 Å². The predicted octanol–water partition coefficient (Wildman–Crippen LogP) is 3.01. The van der Waals surface area contributed by atoms with Crippen molar-refractivity contribution in [3.63, 3.8) is 0 Å². The van der Waals surface area contributed by atoms with Crippen molar-refractivity contribution < 1.29 is 9.32 Å². The highest BCUT2D eigenvalue weighted by molar-refractivity contribution is 7.14. The topological polar surface area (TPSA) is 55.1 Å². The lowest BCUT2D eigenvalue weighted by molar-refractivity contribution is 0.0957. The molecule has 19 heavy (non-hydrogen) atoms. The number of rotatable bonds is 4. The molecule has 0 aromatic carbocycles. The van der Waals surface area contributed by atoms with Crippen molar-refractivity contribution in [2.45, 2.75) is 32.6 Å². The van der Waals surface area contributed by atoms with Crippen LogP contribution in [0.4, 0.5) is 0 Å². The molecule has 1 amide bonds. The zero-order chi connectivity index (χ0) is 13.9. The first-order valence-electron chi connectivity index (χ1n) is 6.25. The summed E-state index contributed by atoms with van der Waals surface area (Å²) in [6.45, 7) is 6.98.